The summed E-state index contributed by atoms with van der Waals surface area (Å²) in [6.07, 6.45) is 2.15. The van der Waals surface area contributed by atoms with Gasteiger partial charge in [0, 0.05) is 18.3 Å². The van der Waals surface area contributed by atoms with E-state index in [0.29, 0.717) is 19.1 Å². The second-order valence-corrected chi connectivity index (χ2v) is 4.72. The predicted octanol–water partition coefficient (Wildman–Crippen LogP) is 0.936. The highest BCUT2D eigenvalue weighted by Gasteiger charge is 2.24. The summed E-state index contributed by atoms with van der Waals surface area (Å²) >= 11 is 0. The number of fused-ring (bicyclic) bond motifs is 1. The molecule has 1 heterocycles. The number of amides is 1. The van der Waals surface area contributed by atoms with Crippen LogP contribution in [0.1, 0.15) is 18.9 Å². The molecule has 0 aromatic heterocycles. The lowest BCUT2D eigenvalue weighted by Crippen LogP contribution is -2.44. The Morgan fingerprint density at radius 1 is 1.50 bits per heavy atom. The van der Waals surface area contributed by atoms with Crippen molar-refractivity contribution in [1.29, 1.82) is 0 Å². The molecule has 0 aliphatic carbocycles. The molecular formula is C14H20N2O2. The molecule has 1 amide bonds. The molecule has 2 N–H and O–H groups in total. The fraction of sp³-hybridized carbons (Fsp3) is 0.500. The highest BCUT2D eigenvalue weighted by Crippen LogP contribution is 2.29. The average molecular weight is 248 g/mol. The fourth-order valence-corrected chi connectivity index (χ4v) is 2.41. The van der Waals surface area contributed by atoms with Crippen LogP contribution in [0, 0.1) is 0 Å². The lowest BCUT2D eigenvalue weighted by atomic mass is 9.97. The zero-order valence-corrected chi connectivity index (χ0v) is 10.7. The summed E-state index contributed by atoms with van der Waals surface area (Å²) in [6, 6.07) is 8.62. The third kappa shape index (κ3) is 2.82. The van der Waals surface area contributed by atoms with Crippen LogP contribution in [0.25, 0.3) is 0 Å². The molecule has 1 aromatic carbocycles. The first-order valence-electron chi connectivity index (χ1n) is 6.44. The van der Waals surface area contributed by atoms with Crippen molar-refractivity contribution >= 4 is 11.6 Å². The van der Waals surface area contributed by atoms with Crippen LogP contribution >= 0.6 is 0 Å². The number of rotatable bonds is 4. The number of carbonyl (C=O) groups excluding carboxylic acids is 1. The normalized spacial score (nSPS) is 18.3. The van der Waals surface area contributed by atoms with Crippen LogP contribution in [-0.2, 0) is 11.2 Å². The molecule has 1 aliphatic rings. The lowest BCUT2D eigenvalue weighted by Gasteiger charge is -2.36. The Balaban J connectivity index is 2.09. The average Bonchev–Trinajstić information content (AvgIpc) is 2.40. The second-order valence-electron chi connectivity index (χ2n) is 4.72. The Hall–Kier alpha value is -1.55. The van der Waals surface area contributed by atoms with Crippen molar-refractivity contribution in [2.45, 2.75) is 25.8 Å². The van der Waals surface area contributed by atoms with Crippen molar-refractivity contribution in [3.63, 3.8) is 0 Å². The van der Waals surface area contributed by atoms with Gasteiger partial charge >= 0.3 is 0 Å². The number of carbonyl (C=O) groups is 1. The summed E-state index contributed by atoms with van der Waals surface area (Å²) in [5.41, 5.74) is 2.47. The molecule has 2 rings (SSSR count). The minimum absolute atomic E-state index is 0.0160. The molecule has 1 aromatic rings. The molecule has 4 heteroatoms. The largest absolute Gasteiger partial charge is 0.395 e. The Kier molecular flexibility index (Phi) is 4.20. The van der Waals surface area contributed by atoms with Gasteiger partial charge in [-0.25, -0.2) is 0 Å². The van der Waals surface area contributed by atoms with E-state index in [1.807, 2.05) is 12.1 Å². The molecule has 1 atom stereocenters. The molecule has 98 valence electrons. The summed E-state index contributed by atoms with van der Waals surface area (Å²) in [5, 5.41) is 11.4. The van der Waals surface area contributed by atoms with E-state index in [4.69, 9.17) is 5.11 Å². The maximum atomic E-state index is 11.8. The number of anilines is 1. The molecule has 1 aliphatic heterocycles. The Labute approximate surface area is 108 Å². The molecule has 0 saturated carbocycles. The molecule has 4 nitrogen and oxygen atoms in total. The minimum Gasteiger partial charge on any atom is -0.395 e. The van der Waals surface area contributed by atoms with E-state index in [-0.39, 0.29) is 12.5 Å². The van der Waals surface area contributed by atoms with E-state index in [9.17, 15) is 4.79 Å². The smallest absolute Gasteiger partial charge is 0.239 e. The first kappa shape index (κ1) is 12.9. The van der Waals surface area contributed by atoms with Crippen molar-refractivity contribution in [3.05, 3.63) is 29.8 Å². The molecule has 1 unspecified atom stereocenters. The van der Waals surface area contributed by atoms with E-state index in [1.165, 1.54) is 5.56 Å². The number of nitrogens with zero attached hydrogens (tertiary/aromatic N) is 1. The van der Waals surface area contributed by atoms with Crippen LogP contribution in [0.5, 0.6) is 0 Å². The summed E-state index contributed by atoms with van der Waals surface area (Å²) in [5.74, 6) is -0.0346. The van der Waals surface area contributed by atoms with Gasteiger partial charge in [-0.05, 0) is 31.4 Å². The van der Waals surface area contributed by atoms with Gasteiger partial charge in [0.2, 0.25) is 5.91 Å². The van der Waals surface area contributed by atoms with Crippen molar-refractivity contribution in [2.75, 3.05) is 24.6 Å². The van der Waals surface area contributed by atoms with Gasteiger partial charge in [0.05, 0.1) is 13.2 Å². The standard InChI is InChI=1S/C14H20N2O2/c1-11-6-7-12-4-2-3-5-13(12)16(11)10-14(18)15-8-9-17/h2-5,11,17H,6-10H2,1H3,(H,15,18). The topological polar surface area (TPSA) is 52.6 Å². The second kappa shape index (κ2) is 5.87. The van der Waals surface area contributed by atoms with Gasteiger partial charge < -0.3 is 15.3 Å². The maximum Gasteiger partial charge on any atom is 0.239 e. The number of aliphatic hydroxyl groups excluding tert-OH is 1. The summed E-state index contributed by atoms with van der Waals surface area (Å²) < 4.78 is 0. The maximum absolute atomic E-state index is 11.8. The van der Waals surface area contributed by atoms with Gasteiger partial charge in [0.15, 0.2) is 0 Å². The Morgan fingerprint density at radius 3 is 3.06 bits per heavy atom. The quantitative estimate of drug-likeness (QED) is 0.833. The first-order chi connectivity index (χ1) is 8.72. The number of benzene rings is 1. The number of nitrogens with one attached hydrogen (secondary N) is 1. The molecule has 0 spiro atoms. The van der Waals surface area contributed by atoms with Crippen LogP contribution < -0.4 is 10.2 Å². The van der Waals surface area contributed by atoms with E-state index < -0.39 is 0 Å². The van der Waals surface area contributed by atoms with Crippen LogP contribution in [0.3, 0.4) is 0 Å². The number of hydrogen-bond donors (Lipinski definition) is 2. The van der Waals surface area contributed by atoms with Crippen molar-refractivity contribution in [3.8, 4) is 0 Å². The molecule has 0 saturated heterocycles. The highest BCUT2D eigenvalue weighted by molar-refractivity contribution is 5.82. The van der Waals surface area contributed by atoms with Crippen LogP contribution in [0.4, 0.5) is 5.69 Å². The van der Waals surface area contributed by atoms with E-state index in [1.54, 1.807) is 0 Å². The van der Waals surface area contributed by atoms with Crippen molar-refractivity contribution in [2.24, 2.45) is 0 Å². The van der Waals surface area contributed by atoms with E-state index in [2.05, 4.69) is 29.3 Å². The molecule has 0 radical (unpaired) electrons. The van der Waals surface area contributed by atoms with Crippen LogP contribution in [-0.4, -0.2) is 36.8 Å². The van der Waals surface area contributed by atoms with Gasteiger partial charge in [0.25, 0.3) is 0 Å². The van der Waals surface area contributed by atoms with Crippen molar-refractivity contribution < 1.29 is 9.90 Å². The van der Waals surface area contributed by atoms with Gasteiger partial charge in [-0.2, -0.15) is 0 Å². The summed E-state index contributed by atoms with van der Waals surface area (Å²) in [6.45, 7) is 2.81. The number of aryl methyl sites for hydroxylation is 1. The number of para-hydroxylation sites is 1. The number of aliphatic hydroxyl groups is 1. The van der Waals surface area contributed by atoms with Crippen molar-refractivity contribution in [1.82, 2.24) is 5.32 Å². The van der Waals surface area contributed by atoms with E-state index >= 15 is 0 Å². The summed E-state index contributed by atoms with van der Waals surface area (Å²) in [4.78, 5) is 13.9. The van der Waals surface area contributed by atoms with Gasteiger partial charge in [0.1, 0.15) is 0 Å². The Bertz CT molecular complexity index is 420. The van der Waals surface area contributed by atoms with Crippen LogP contribution in [0.15, 0.2) is 24.3 Å². The monoisotopic (exact) mass is 248 g/mol. The van der Waals surface area contributed by atoms with Gasteiger partial charge in [-0.1, -0.05) is 18.2 Å². The summed E-state index contributed by atoms with van der Waals surface area (Å²) in [7, 11) is 0. The van der Waals surface area contributed by atoms with Crippen LogP contribution in [0.2, 0.25) is 0 Å². The minimum atomic E-state index is -0.0346. The Morgan fingerprint density at radius 2 is 2.28 bits per heavy atom. The lowest BCUT2D eigenvalue weighted by molar-refractivity contribution is -0.120. The molecule has 0 fully saturated rings. The molecule has 18 heavy (non-hydrogen) atoms. The SMILES string of the molecule is CC1CCc2ccccc2N1CC(=O)NCCO. The highest BCUT2D eigenvalue weighted by atomic mass is 16.3. The zero-order valence-electron chi connectivity index (χ0n) is 10.7. The molecule has 0 bridgehead atoms. The van der Waals surface area contributed by atoms with Gasteiger partial charge in [-0.15, -0.1) is 0 Å². The third-order valence-electron chi connectivity index (χ3n) is 3.41. The predicted molar refractivity (Wildman–Crippen MR) is 71.7 cm³/mol. The number of hydrogen-bond acceptors (Lipinski definition) is 3. The van der Waals surface area contributed by atoms with E-state index in [0.717, 1.165) is 18.5 Å². The fourth-order valence-electron chi connectivity index (χ4n) is 2.41. The van der Waals surface area contributed by atoms with Gasteiger partial charge in [-0.3, -0.25) is 4.79 Å². The third-order valence-corrected chi connectivity index (χ3v) is 3.41. The first-order valence-corrected chi connectivity index (χ1v) is 6.44. The zero-order chi connectivity index (χ0) is 13.0. The molecular weight excluding hydrogens is 228 g/mol.